The number of carboxylic acids is 1. The molecule has 1 unspecified atom stereocenters. The summed E-state index contributed by atoms with van der Waals surface area (Å²) in [7, 11) is 1.77. The monoisotopic (exact) mass is 375 g/mol. The molecule has 140 valence electrons. The third-order valence-electron chi connectivity index (χ3n) is 4.27. The van der Waals surface area contributed by atoms with E-state index >= 15 is 0 Å². The average Bonchev–Trinajstić information content (AvgIpc) is 3.00. The second-order valence-corrected chi connectivity index (χ2v) is 7.67. The molecule has 0 radical (unpaired) electrons. The van der Waals surface area contributed by atoms with Gasteiger partial charge in [0.2, 0.25) is 0 Å². The Balaban J connectivity index is 1.99. The van der Waals surface area contributed by atoms with E-state index in [-0.39, 0.29) is 17.6 Å². The number of benzene rings is 1. The number of urea groups is 1. The van der Waals surface area contributed by atoms with Gasteiger partial charge in [-0.3, -0.25) is 0 Å². The summed E-state index contributed by atoms with van der Waals surface area (Å²) >= 11 is 1.65. The predicted molar refractivity (Wildman–Crippen MR) is 103 cm³/mol. The van der Waals surface area contributed by atoms with Gasteiger partial charge in [-0.1, -0.05) is 26.0 Å². The zero-order chi connectivity index (χ0) is 19.4. The van der Waals surface area contributed by atoms with Crippen molar-refractivity contribution in [3.63, 3.8) is 0 Å². The largest absolute Gasteiger partial charge is 0.478 e. The molecule has 0 aliphatic heterocycles. The van der Waals surface area contributed by atoms with E-state index in [1.807, 2.05) is 13.8 Å². The zero-order valence-corrected chi connectivity index (χ0v) is 16.6. The summed E-state index contributed by atoms with van der Waals surface area (Å²) in [5.41, 5.74) is 2.04. The van der Waals surface area contributed by atoms with Gasteiger partial charge in [0, 0.05) is 24.4 Å². The van der Waals surface area contributed by atoms with Crippen molar-refractivity contribution in [2.45, 2.75) is 46.2 Å². The smallest absolute Gasteiger partial charge is 0.335 e. The van der Waals surface area contributed by atoms with E-state index in [2.05, 4.69) is 24.1 Å². The molecule has 7 heteroatoms. The summed E-state index contributed by atoms with van der Waals surface area (Å²) in [6.45, 7) is 8.53. The zero-order valence-electron chi connectivity index (χ0n) is 15.7. The Labute approximate surface area is 157 Å². The Hall–Kier alpha value is -2.41. The van der Waals surface area contributed by atoms with E-state index in [0.29, 0.717) is 12.5 Å². The summed E-state index contributed by atoms with van der Waals surface area (Å²) in [5, 5.41) is 12.9. The molecular weight excluding hydrogens is 350 g/mol. The van der Waals surface area contributed by atoms with Gasteiger partial charge in [0.15, 0.2) is 0 Å². The maximum absolute atomic E-state index is 12.5. The molecule has 2 rings (SSSR count). The van der Waals surface area contributed by atoms with Crippen molar-refractivity contribution in [2.24, 2.45) is 0 Å². The van der Waals surface area contributed by atoms with Crippen molar-refractivity contribution in [3.8, 4) is 0 Å². The first-order valence-corrected chi connectivity index (χ1v) is 9.32. The Morgan fingerprint density at radius 1 is 1.23 bits per heavy atom. The van der Waals surface area contributed by atoms with Crippen LogP contribution in [0.15, 0.2) is 24.3 Å². The van der Waals surface area contributed by atoms with Crippen LogP contribution in [0.2, 0.25) is 0 Å². The number of nitrogens with zero attached hydrogens (tertiary/aromatic N) is 2. The van der Waals surface area contributed by atoms with Crippen molar-refractivity contribution in [1.82, 2.24) is 15.2 Å². The second-order valence-electron chi connectivity index (χ2n) is 6.60. The minimum absolute atomic E-state index is 0.0746. The minimum atomic E-state index is -0.963. The summed E-state index contributed by atoms with van der Waals surface area (Å²) in [5.74, 6) is -0.595. The van der Waals surface area contributed by atoms with Crippen LogP contribution in [0, 0.1) is 6.92 Å². The van der Waals surface area contributed by atoms with Crippen LogP contribution in [0.4, 0.5) is 4.79 Å². The van der Waals surface area contributed by atoms with Crippen molar-refractivity contribution in [2.75, 3.05) is 7.05 Å². The van der Waals surface area contributed by atoms with Crippen LogP contribution in [0.25, 0.3) is 0 Å². The van der Waals surface area contributed by atoms with E-state index in [9.17, 15) is 9.59 Å². The summed E-state index contributed by atoms with van der Waals surface area (Å²) < 4.78 is 0. The number of amides is 2. The minimum Gasteiger partial charge on any atom is -0.478 e. The molecule has 0 fully saturated rings. The van der Waals surface area contributed by atoms with Crippen molar-refractivity contribution >= 4 is 23.3 Å². The van der Waals surface area contributed by atoms with Crippen LogP contribution >= 0.6 is 11.3 Å². The van der Waals surface area contributed by atoms with Crippen LogP contribution in [0.5, 0.6) is 0 Å². The van der Waals surface area contributed by atoms with Crippen LogP contribution in [-0.4, -0.2) is 34.0 Å². The maximum Gasteiger partial charge on any atom is 0.335 e. The molecule has 1 aromatic heterocycles. The van der Waals surface area contributed by atoms with Gasteiger partial charge in [-0.2, -0.15) is 0 Å². The lowest BCUT2D eigenvalue weighted by Gasteiger charge is -2.24. The molecule has 26 heavy (non-hydrogen) atoms. The lowest BCUT2D eigenvalue weighted by molar-refractivity contribution is 0.0697. The molecule has 0 saturated carbocycles. The van der Waals surface area contributed by atoms with Gasteiger partial charge in [-0.15, -0.1) is 11.3 Å². The molecule has 0 aliphatic rings. The van der Waals surface area contributed by atoms with E-state index in [1.165, 1.54) is 12.1 Å². The molecule has 6 nitrogen and oxygen atoms in total. The fraction of sp³-hybridized carbons (Fsp3) is 0.421. The Kier molecular flexibility index (Phi) is 6.37. The number of carbonyl (C=O) groups is 2. The van der Waals surface area contributed by atoms with Crippen molar-refractivity contribution < 1.29 is 14.7 Å². The highest BCUT2D eigenvalue weighted by atomic mass is 32.1. The molecule has 2 amide bonds. The third kappa shape index (κ3) is 4.60. The van der Waals surface area contributed by atoms with Gasteiger partial charge in [0.25, 0.3) is 0 Å². The Bertz CT molecular complexity index is 784. The van der Waals surface area contributed by atoms with Crippen LogP contribution < -0.4 is 5.32 Å². The normalized spacial score (nSPS) is 12.1. The quantitative estimate of drug-likeness (QED) is 0.794. The first kappa shape index (κ1) is 19.9. The van der Waals surface area contributed by atoms with Gasteiger partial charge in [-0.25, -0.2) is 14.6 Å². The third-order valence-corrected chi connectivity index (χ3v) is 5.90. The molecule has 0 aliphatic carbocycles. The lowest BCUT2D eigenvalue weighted by Crippen LogP contribution is -2.38. The summed E-state index contributed by atoms with van der Waals surface area (Å²) in [6.07, 6.45) is 0. The maximum atomic E-state index is 12.5. The Morgan fingerprint density at radius 2 is 1.85 bits per heavy atom. The van der Waals surface area contributed by atoms with Gasteiger partial charge < -0.3 is 15.3 Å². The van der Waals surface area contributed by atoms with E-state index in [4.69, 9.17) is 5.11 Å². The first-order valence-electron chi connectivity index (χ1n) is 8.50. The number of aromatic carboxylic acids is 1. The second kappa shape index (κ2) is 8.31. The van der Waals surface area contributed by atoms with Gasteiger partial charge in [0.1, 0.15) is 0 Å². The molecular formula is C19H25N3O3S. The number of aryl methyl sites for hydroxylation is 1. The number of aromatic nitrogens is 1. The molecule has 0 bridgehead atoms. The molecule has 1 atom stereocenters. The number of carboxylic acid groups (broad SMARTS) is 1. The number of hydrogen-bond acceptors (Lipinski definition) is 4. The SMILES string of the molecule is Cc1nc(C(C)C)sc1C(C)N(C)C(=O)NCc1ccc(C(=O)O)cc1. The number of carbonyl (C=O) groups excluding carboxylic acids is 1. The number of nitrogens with one attached hydrogen (secondary N) is 1. The Morgan fingerprint density at radius 3 is 2.35 bits per heavy atom. The molecule has 2 aromatic rings. The predicted octanol–water partition coefficient (Wildman–Crippen LogP) is 4.18. The topological polar surface area (TPSA) is 82.5 Å². The lowest BCUT2D eigenvalue weighted by atomic mass is 10.1. The fourth-order valence-electron chi connectivity index (χ4n) is 2.48. The first-order chi connectivity index (χ1) is 12.2. The van der Waals surface area contributed by atoms with E-state index in [1.54, 1.807) is 35.4 Å². The molecule has 1 heterocycles. The summed E-state index contributed by atoms with van der Waals surface area (Å²) in [4.78, 5) is 30.7. The highest BCUT2D eigenvalue weighted by Gasteiger charge is 2.22. The van der Waals surface area contributed by atoms with Crippen LogP contribution in [-0.2, 0) is 6.54 Å². The standard InChI is InChI=1S/C19H25N3O3S/c1-11(2)17-21-12(3)16(26-17)13(4)22(5)19(25)20-10-14-6-8-15(9-7-14)18(23)24/h6-9,11,13H,10H2,1-5H3,(H,20,25)(H,23,24). The number of thiazole rings is 1. The fourth-order valence-corrected chi connectivity index (χ4v) is 3.65. The number of hydrogen-bond donors (Lipinski definition) is 2. The van der Waals surface area contributed by atoms with E-state index < -0.39 is 5.97 Å². The van der Waals surface area contributed by atoms with Gasteiger partial charge in [0.05, 0.1) is 22.3 Å². The average molecular weight is 375 g/mol. The summed E-state index contributed by atoms with van der Waals surface area (Å²) in [6, 6.07) is 6.22. The highest BCUT2D eigenvalue weighted by molar-refractivity contribution is 7.11. The molecule has 1 aromatic carbocycles. The van der Waals surface area contributed by atoms with Crippen LogP contribution in [0.3, 0.4) is 0 Å². The van der Waals surface area contributed by atoms with Gasteiger partial charge >= 0.3 is 12.0 Å². The van der Waals surface area contributed by atoms with Gasteiger partial charge in [-0.05, 0) is 31.5 Å². The van der Waals surface area contributed by atoms with Crippen molar-refractivity contribution in [3.05, 3.63) is 51.0 Å². The number of rotatable bonds is 6. The molecule has 0 saturated heterocycles. The molecule has 0 spiro atoms. The highest BCUT2D eigenvalue weighted by Crippen LogP contribution is 2.31. The van der Waals surface area contributed by atoms with Crippen LogP contribution in [0.1, 0.15) is 64.2 Å². The van der Waals surface area contributed by atoms with E-state index in [0.717, 1.165) is 21.1 Å². The molecule has 2 N–H and O–H groups in total. The van der Waals surface area contributed by atoms with Crippen molar-refractivity contribution in [1.29, 1.82) is 0 Å².